The molecule has 1 fully saturated rings. The van der Waals surface area contributed by atoms with E-state index in [0.29, 0.717) is 12.2 Å². The van der Waals surface area contributed by atoms with Gasteiger partial charge in [0.05, 0.1) is 17.7 Å². The van der Waals surface area contributed by atoms with Crippen LogP contribution in [0.15, 0.2) is 18.2 Å². The lowest BCUT2D eigenvalue weighted by Crippen LogP contribution is -2.58. The zero-order valence-corrected chi connectivity index (χ0v) is 15.7. The predicted molar refractivity (Wildman–Crippen MR) is 98.8 cm³/mol. The van der Waals surface area contributed by atoms with Gasteiger partial charge in [-0.3, -0.25) is 14.8 Å². The molecule has 2 heterocycles. The first-order valence-corrected chi connectivity index (χ1v) is 8.90. The van der Waals surface area contributed by atoms with Gasteiger partial charge in [-0.05, 0) is 46.8 Å². The first kappa shape index (κ1) is 17.9. The van der Waals surface area contributed by atoms with Crippen LogP contribution in [0.4, 0.5) is 0 Å². The van der Waals surface area contributed by atoms with Gasteiger partial charge >= 0.3 is 0 Å². The van der Waals surface area contributed by atoms with Crippen molar-refractivity contribution in [1.29, 1.82) is 0 Å². The molecule has 1 aromatic carbocycles. The van der Waals surface area contributed by atoms with Gasteiger partial charge in [-0.1, -0.05) is 11.6 Å². The molecule has 2 aromatic rings. The maximum atomic E-state index is 12.7. The second kappa shape index (κ2) is 6.77. The molecule has 136 valence electrons. The number of H-pyrrole nitrogens is 1. The van der Waals surface area contributed by atoms with E-state index < -0.39 is 0 Å². The summed E-state index contributed by atoms with van der Waals surface area (Å²) in [5.74, 6) is -0.140. The lowest BCUT2D eigenvalue weighted by atomic mass is 10.00. The summed E-state index contributed by atoms with van der Waals surface area (Å²) in [6.07, 6.45) is 0.411. The second-order valence-corrected chi connectivity index (χ2v) is 7.78. The van der Waals surface area contributed by atoms with E-state index in [9.17, 15) is 4.79 Å². The molecule has 2 atom stereocenters. The van der Waals surface area contributed by atoms with Gasteiger partial charge < -0.3 is 10.1 Å². The van der Waals surface area contributed by atoms with Crippen LogP contribution in [0.1, 0.15) is 43.7 Å². The van der Waals surface area contributed by atoms with Gasteiger partial charge in [-0.15, -0.1) is 0 Å². The predicted octanol–water partition coefficient (Wildman–Crippen LogP) is 2.49. The molecule has 1 saturated heterocycles. The maximum Gasteiger partial charge on any atom is 0.272 e. The fraction of sp³-hybridized carbons (Fsp3) is 0.579. The Morgan fingerprint density at radius 1 is 1.36 bits per heavy atom. The first-order valence-electron chi connectivity index (χ1n) is 8.90. The van der Waals surface area contributed by atoms with E-state index in [4.69, 9.17) is 4.74 Å². The molecule has 1 amide bonds. The third-order valence-corrected chi connectivity index (χ3v) is 4.89. The number of rotatable bonds is 4. The summed E-state index contributed by atoms with van der Waals surface area (Å²) in [5.41, 5.74) is 2.30. The van der Waals surface area contributed by atoms with Crippen LogP contribution in [0.5, 0.6) is 0 Å². The quantitative estimate of drug-likeness (QED) is 0.894. The molecule has 2 N–H and O–H groups in total. The lowest BCUT2D eigenvalue weighted by Gasteiger charge is -2.45. The van der Waals surface area contributed by atoms with Crippen LogP contribution in [-0.2, 0) is 4.74 Å². The maximum absolute atomic E-state index is 12.7. The third-order valence-electron chi connectivity index (χ3n) is 4.89. The highest BCUT2D eigenvalue weighted by Gasteiger charge is 2.33. The van der Waals surface area contributed by atoms with Crippen LogP contribution in [0.3, 0.4) is 0 Å². The number of fused-ring (bicyclic) bond motifs is 1. The van der Waals surface area contributed by atoms with Crippen molar-refractivity contribution >= 4 is 16.8 Å². The number of nitrogens with zero attached hydrogens (tertiary/aromatic N) is 2. The Morgan fingerprint density at radius 3 is 2.72 bits per heavy atom. The van der Waals surface area contributed by atoms with Crippen LogP contribution in [0, 0.1) is 6.92 Å². The van der Waals surface area contributed by atoms with E-state index >= 15 is 0 Å². The molecule has 6 nitrogen and oxygen atoms in total. The van der Waals surface area contributed by atoms with Gasteiger partial charge in [0.1, 0.15) is 0 Å². The number of ether oxygens (including phenoxy) is 1. The summed E-state index contributed by atoms with van der Waals surface area (Å²) in [6, 6.07) is 5.95. The van der Waals surface area contributed by atoms with E-state index in [1.165, 1.54) is 0 Å². The lowest BCUT2D eigenvalue weighted by molar-refractivity contribution is -0.0948. The fourth-order valence-corrected chi connectivity index (χ4v) is 3.47. The van der Waals surface area contributed by atoms with Crippen LogP contribution in [-0.4, -0.2) is 58.4 Å². The number of aryl methyl sites for hydroxylation is 1. The zero-order valence-electron chi connectivity index (χ0n) is 15.7. The minimum atomic E-state index is -0.149. The van der Waals surface area contributed by atoms with Gasteiger partial charge in [0, 0.05) is 30.6 Å². The summed E-state index contributed by atoms with van der Waals surface area (Å²) in [5, 5.41) is 11.1. The van der Waals surface area contributed by atoms with Gasteiger partial charge in [0.25, 0.3) is 5.91 Å². The summed E-state index contributed by atoms with van der Waals surface area (Å²) in [4.78, 5) is 15.0. The topological polar surface area (TPSA) is 70.2 Å². The van der Waals surface area contributed by atoms with Crippen LogP contribution in [0.25, 0.3) is 10.9 Å². The summed E-state index contributed by atoms with van der Waals surface area (Å²) < 4.78 is 5.81. The minimum Gasteiger partial charge on any atom is -0.373 e. The van der Waals surface area contributed by atoms with Crippen molar-refractivity contribution in [2.24, 2.45) is 0 Å². The van der Waals surface area contributed by atoms with Crippen molar-refractivity contribution in [2.75, 3.05) is 19.6 Å². The highest BCUT2D eigenvalue weighted by Crippen LogP contribution is 2.21. The summed E-state index contributed by atoms with van der Waals surface area (Å²) in [6.45, 7) is 12.8. The number of benzene rings is 1. The number of carbonyl (C=O) groups excluding carboxylic acids is 1. The van der Waals surface area contributed by atoms with Gasteiger partial charge in [-0.2, -0.15) is 5.10 Å². The smallest absolute Gasteiger partial charge is 0.272 e. The molecule has 1 aliphatic heterocycles. The number of aromatic amines is 1. The molecule has 6 heteroatoms. The Kier molecular flexibility index (Phi) is 4.84. The average molecular weight is 344 g/mol. The average Bonchev–Trinajstić information content (AvgIpc) is 2.95. The Hall–Kier alpha value is -1.92. The number of hydrogen-bond donors (Lipinski definition) is 2. The van der Waals surface area contributed by atoms with Crippen molar-refractivity contribution in [3.8, 4) is 0 Å². The van der Waals surface area contributed by atoms with E-state index in [-0.39, 0.29) is 23.7 Å². The second-order valence-electron chi connectivity index (χ2n) is 7.78. The summed E-state index contributed by atoms with van der Waals surface area (Å²) >= 11 is 0. The van der Waals surface area contributed by atoms with Crippen molar-refractivity contribution < 1.29 is 9.53 Å². The fourth-order valence-electron chi connectivity index (χ4n) is 3.47. The Balaban J connectivity index is 1.69. The number of hydrogen-bond acceptors (Lipinski definition) is 4. The van der Waals surface area contributed by atoms with Gasteiger partial charge in [-0.25, -0.2) is 0 Å². The number of nitrogens with one attached hydrogen (secondary N) is 2. The first-order chi connectivity index (χ1) is 11.8. The Morgan fingerprint density at radius 2 is 2.04 bits per heavy atom. The standard InChI is InChI=1S/C19H28N4O2/c1-12-6-7-16-15(8-12)17(22-21-16)18(24)20-11-19(4,5)23-9-13(2)25-14(3)10-23/h6-8,13-14H,9-11H2,1-5H3,(H,20,24)(H,21,22). The molecule has 0 radical (unpaired) electrons. The molecule has 2 unspecified atom stereocenters. The third kappa shape index (κ3) is 3.85. The van der Waals surface area contributed by atoms with Crippen LogP contribution >= 0.6 is 0 Å². The molecule has 0 aliphatic carbocycles. The van der Waals surface area contributed by atoms with Crippen LogP contribution < -0.4 is 5.32 Å². The van der Waals surface area contributed by atoms with Gasteiger partial charge in [0.2, 0.25) is 0 Å². The molecule has 0 saturated carbocycles. The molecule has 0 spiro atoms. The molecule has 1 aliphatic rings. The zero-order chi connectivity index (χ0) is 18.2. The van der Waals surface area contributed by atoms with E-state index in [2.05, 4.69) is 48.1 Å². The summed E-state index contributed by atoms with van der Waals surface area (Å²) in [7, 11) is 0. The molecule has 1 aromatic heterocycles. The normalized spacial score (nSPS) is 22.3. The number of morpholine rings is 1. The Labute approximate surface area is 148 Å². The highest BCUT2D eigenvalue weighted by molar-refractivity contribution is 6.04. The molecular weight excluding hydrogens is 316 g/mol. The van der Waals surface area contributed by atoms with Crippen molar-refractivity contribution in [2.45, 2.75) is 52.4 Å². The van der Waals surface area contributed by atoms with Crippen LogP contribution in [0.2, 0.25) is 0 Å². The number of carbonyl (C=O) groups is 1. The number of aromatic nitrogens is 2. The molecule has 25 heavy (non-hydrogen) atoms. The monoisotopic (exact) mass is 344 g/mol. The van der Waals surface area contributed by atoms with E-state index in [0.717, 1.165) is 29.6 Å². The van der Waals surface area contributed by atoms with E-state index in [1.54, 1.807) is 0 Å². The molecular formula is C19H28N4O2. The van der Waals surface area contributed by atoms with E-state index in [1.807, 2.05) is 25.1 Å². The SMILES string of the molecule is Cc1ccc2[nH]nc(C(=O)NCC(C)(C)N3CC(C)OC(C)C3)c2c1. The minimum absolute atomic E-state index is 0.140. The highest BCUT2D eigenvalue weighted by atomic mass is 16.5. The van der Waals surface area contributed by atoms with Crippen molar-refractivity contribution in [1.82, 2.24) is 20.4 Å². The van der Waals surface area contributed by atoms with Crippen molar-refractivity contribution in [3.63, 3.8) is 0 Å². The largest absolute Gasteiger partial charge is 0.373 e. The van der Waals surface area contributed by atoms with Gasteiger partial charge in [0.15, 0.2) is 5.69 Å². The molecule has 3 rings (SSSR count). The number of amides is 1. The molecule has 0 bridgehead atoms. The van der Waals surface area contributed by atoms with Crippen molar-refractivity contribution in [3.05, 3.63) is 29.5 Å². The Bertz CT molecular complexity index is 758.